The Morgan fingerprint density at radius 2 is 1.84 bits per heavy atom. The molecule has 0 bridgehead atoms. The van der Waals surface area contributed by atoms with Gasteiger partial charge in [-0.15, -0.1) is 0 Å². The first-order valence-electron chi connectivity index (χ1n) is 11.1. The minimum Gasteiger partial charge on any atom is -0.352 e. The van der Waals surface area contributed by atoms with Gasteiger partial charge < -0.3 is 9.88 Å². The third-order valence-electron chi connectivity index (χ3n) is 6.37. The second kappa shape index (κ2) is 8.72. The van der Waals surface area contributed by atoms with Crippen molar-refractivity contribution in [3.63, 3.8) is 0 Å². The summed E-state index contributed by atoms with van der Waals surface area (Å²) in [4.78, 5) is 17.8. The molecule has 1 amide bonds. The number of hydrogen-bond donors (Lipinski definition) is 1. The molecule has 4 aromatic rings. The van der Waals surface area contributed by atoms with Crippen LogP contribution in [0.5, 0.6) is 0 Å². The molecule has 4 nitrogen and oxygen atoms in total. The smallest absolute Gasteiger partial charge is 0.253 e. The van der Waals surface area contributed by atoms with Crippen molar-refractivity contribution in [2.45, 2.75) is 38.6 Å². The molecule has 0 saturated heterocycles. The summed E-state index contributed by atoms with van der Waals surface area (Å²) in [7, 11) is 0. The first-order chi connectivity index (χ1) is 15.2. The fraction of sp³-hybridized carbons (Fsp3) is 0.308. The molecule has 0 radical (unpaired) electrons. The number of benzene rings is 2. The molecule has 5 heteroatoms. The predicted octanol–water partition coefficient (Wildman–Crippen LogP) is 6.20. The molecule has 158 valence electrons. The third-order valence-corrected chi connectivity index (χ3v) is 6.58. The summed E-state index contributed by atoms with van der Waals surface area (Å²) >= 11 is 6.35. The minimum absolute atomic E-state index is 0.0514. The molecule has 1 fully saturated rings. The van der Waals surface area contributed by atoms with E-state index in [1.54, 1.807) is 6.07 Å². The van der Waals surface area contributed by atoms with Crippen LogP contribution in [0.4, 0.5) is 0 Å². The van der Waals surface area contributed by atoms with Crippen molar-refractivity contribution in [2.24, 2.45) is 5.92 Å². The van der Waals surface area contributed by atoms with Crippen LogP contribution in [-0.4, -0.2) is 22.0 Å². The summed E-state index contributed by atoms with van der Waals surface area (Å²) in [5.41, 5.74) is 2.49. The summed E-state index contributed by atoms with van der Waals surface area (Å²) in [5.74, 6) is 0.533. The van der Waals surface area contributed by atoms with Crippen LogP contribution < -0.4 is 5.32 Å². The Hall–Kier alpha value is -2.85. The van der Waals surface area contributed by atoms with Gasteiger partial charge in [0, 0.05) is 34.7 Å². The average Bonchev–Trinajstić information content (AvgIpc) is 3.19. The van der Waals surface area contributed by atoms with Gasteiger partial charge in [-0.3, -0.25) is 9.78 Å². The van der Waals surface area contributed by atoms with Crippen molar-refractivity contribution in [1.82, 2.24) is 14.9 Å². The Morgan fingerprint density at radius 3 is 2.68 bits per heavy atom. The van der Waals surface area contributed by atoms with Gasteiger partial charge in [0.05, 0.1) is 23.3 Å². The van der Waals surface area contributed by atoms with Crippen molar-refractivity contribution in [1.29, 1.82) is 0 Å². The number of amides is 1. The lowest BCUT2D eigenvalue weighted by Crippen LogP contribution is -2.30. The van der Waals surface area contributed by atoms with E-state index < -0.39 is 0 Å². The zero-order chi connectivity index (χ0) is 21.2. The van der Waals surface area contributed by atoms with Crippen LogP contribution in [0, 0.1) is 5.92 Å². The van der Waals surface area contributed by atoms with E-state index in [0.29, 0.717) is 23.0 Å². The number of carbonyl (C=O) groups excluding carboxylic acids is 1. The van der Waals surface area contributed by atoms with Gasteiger partial charge in [0.25, 0.3) is 5.91 Å². The van der Waals surface area contributed by atoms with E-state index in [1.807, 2.05) is 36.7 Å². The van der Waals surface area contributed by atoms with E-state index in [9.17, 15) is 4.79 Å². The maximum Gasteiger partial charge on any atom is 0.253 e. The fourth-order valence-corrected chi connectivity index (χ4v) is 4.96. The van der Waals surface area contributed by atoms with Gasteiger partial charge in [-0.1, -0.05) is 55.1 Å². The number of nitrogens with zero attached hydrogens (tertiary/aromatic N) is 2. The molecule has 1 saturated carbocycles. The first kappa shape index (κ1) is 20.1. The number of hydrogen-bond acceptors (Lipinski definition) is 2. The normalized spacial score (nSPS) is 14.9. The molecule has 0 spiro atoms. The number of pyridine rings is 1. The predicted molar refractivity (Wildman–Crippen MR) is 127 cm³/mol. The zero-order valence-corrected chi connectivity index (χ0v) is 18.2. The molecule has 1 aliphatic rings. The van der Waals surface area contributed by atoms with E-state index in [2.05, 4.69) is 33.1 Å². The van der Waals surface area contributed by atoms with Crippen LogP contribution in [0.1, 0.15) is 48.2 Å². The maximum absolute atomic E-state index is 13.1. The average molecular weight is 432 g/mol. The summed E-state index contributed by atoms with van der Waals surface area (Å²) in [6.07, 6.45) is 10.2. The Kier molecular flexibility index (Phi) is 5.65. The van der Waals surface area contributed by atoms with Crippen LogP contribution in [0.2, 0.25) is 5.02 Å². The van der Waals surface area contributed by atoms with Crippen LogP contribution in [-0.2, 0) is 6.54 Å². The molecule has 2 heterocycles. The summed E-state index contributed by atoms with van der Waals surface area (Å²) in [6, 6.07) is 16.0. The van der Waals surface area contributed by atoms with E-state index in [4.69, 9.17) is 11.6 Å². The maximum atomic E-state index is 13.1. The van der Waals surface area contributed by atoms with Crippen LogP contribution in [0.3, 0.4) is 0 Å². The summed E-state index contributed by atoms with van der Waals surface area (Å²) < 4.78 is 2.10. The van der Waals surface area contributed by atoms with Crippen molar-refractivity contribution in [2.75, 3.05) is 6.54 Å². The van der Waals surface area contributed by atoms with E-state index in [1.165, 1.54) is 32.1 Å². The summed E-state index contributed by atoms with van der Waals surface area (Å²) in [5, 5.41) is 7.00. The second-order valence-corrected chi connectivity index (χ2v) is 9.01. The highest BCUT2D eigenvalue weighted by Crippen LogP contribution is 2.27. The van der Waals surface area contributed by atoms with Crippen LogP contribution >= 0.6 is 11.6 Å². The molecule has 0 aliphatic heterocycles. The number of aromatic nitrogens is 2. The molecule has 0 atom stereocenters. The number of halogens is 1. The van der Waals surface area contributed by atoms with E-state index in [0.717, 1.165) is 33.9 Å². The lowest BCUT2D eigenvalue weighted by molar-refractivity contribution is 0.0945. The standard InChI is InChI=1S/C26H26ClN3O/c27-22-12-20-10-11-30(17-23-13-19-8-4-5-9-21(19)16-28-23)25(20)24(14-22)26(31)29-15-18-6-2-1-3-7-18/h4-5,8-14,16,18H,1-3,6-7,15,17H2,(H,29,31). The lowest BCUT2D eigenvalue weighted by atomic mass is 9.89. The Balaban J connectivity index is 1.44. The Morgan fingerprint density at radius 1 is 1.03 bits per heavy atom. The van der Waals surface area contributed by atoms with Crippen molar-refractivity contribution in [3.05, 3.63) is 77.2 Å². The monoisotopic (exact) mass is 431 g/mol. The lowest BCUT2D eigenvalue weighted by Gasteiger charge is -2.22. The zero-order valence-electron chi connectivity index (χ0n) is 17.5. The van der Waals surface area contributed by atoms with Gasteiger partial charge >= 0.3 is 0 Å². The van der Waals surface area contributed by atoms with Crippen LogP contribution in [0.15, 0.2) is 60.9 Å². The first-order valence-corrected chi connectivity index (χ1v) is 11.5. The number of carbonyl (C=O) groups is 1. The van der Waals surface area contributed by atoms with Crippen molar-refractivity contribution < 1.29 is 4.79 Å². The molecule has 1 N–H and O–H groups in total. The SMILES string of the molecule is O=C(NCC1CCCCC1)c1cc(Cl)cc2ccn(Cc3cc4ccccc4cn3)c12. The number of fused-ring (bicyclic) bond motifs is 2. The molecule has 2 aromatic heterocycles. The van der Waals surface area contributed by atoms with Gasteiger partial charge in [-0.2, -0.15) is 0 Å². The van der Waals surface area contributed by atoms with E-state index in [-0.39, 0.29) is 5.91 Å². The van der Waals surface area contributed by atoms with Crippen LogP contribution in [0.25, 0.3) is 21.7 Å². The molecule has 0 unspecified atom stereocenters. The molecule has 2 aromatic carbocycles. The van der Waals surface area contributed by atoms with Gasteiger partial charge in [0.1, 0.15) is 0 Å². The van der Waals surface area contributed by atoms with Crippen molar-refractivity contribution in [3.8, 4) is 0 Å². The topological polar surface area (TPSA) is 46.9 Å². The summed E-state index contributed by atoms with van der Waals surface area (Å²) in [6.45, 7) is 1.33. The highest BCUT2D eigenvalue weighted by atomic mass is 35.5. The quantitative estimate of drug-likeness (QED) is 0.408. The fourth-order valence-electron chi connectivity index (χ4n) is 4.73. The molecule has 1 aliphatic carbocycles. The highest BCUT2D eigenvalue weighted by molar-refractivity contribution is 6.32. The van der Waals surface area contributed by atoms with Crippen molar-refractivity contribution >= 4 is 39.2 Å². The van der Waals surface area contributed by atoms with Gasteiger partial charge in [-0.05, 0) is 48.4 Å². The Bertz CT molecular complexity index is 1240. The molecular formula is C26H26ClN3O. The largest absolute Gasteiger partial charge is 0.352 e. The number of rotatable bonds is 5. The van der Waals surface area contributed by atoms with E-state index >= 15 is 0 Å². The van der Waals surface area contributed by atoms with Gasteiger partial charge in [-0.25, -0.2) is 0 Å². The second-order valence-electron chi connectivity index (χ2n) is 8.57. The van der Waals surface area contributed by atoms with Gasteiger partial charge in [0.15, 0.2) is 0 Å². The minimum atomic E-state index is -0.0514. The third kappa shape index (κ3) is 4.31. The number of nitrogens with one attached hydrogen (secondary N) is 1. The highest BCUT2D eigenvalue weighted by Gasteiger charge is 2.18. The molecular weight excluding hydrogens is 406 g/mol. The Labute approximate surface area is 187 Å². The molecule has 31 heavy (non-hydrogen) atoms. The van der Waals surface area contributed by atoms with Gasteiger partial charge in [0.2, 0.25) is 0 Å². The molecule has 5 rings (SSSR count).